The third kappa shape index (κ3) is 7.61. The third-order valence-electron chi connectivity index (χ3n) is 6.41. The van der Waals surface area contributed by atoms with E-state index >= 15 is 0 Å². The molecule has 0 unspecified atom stereocenters. The van der Waals surface area contributed by atoms with E-state index in [-0.39, 0.29) is 47.2 Å². The number of fused-ring (bicyclic) bond motifs is 1. The number of hydrogen-bond donors (Lipinski definition) is 3. The predicted molar refractivity (Wildman–Crippen MR) is 153 cm³/mol. The first-order valence-corrected chi connectivity index (χ1v) is 13.3. The van der Waals surface area contributed by atoms with Crippen LogP contribution in [0.1, 0.15) is 45.8 Å². The second-order valence-corrected chi connectivity index (χ2v) is 10.3. The lowest BCUT2D eigenvalue weighted by Gasteiger charge is -2.11. The fourth-order valence-electron chi connectivity index (χ4n) is 4.18. The van der Waals surface area contributed by atoms with Crippen LogP contribution >= 0.6 is 11.6 Å². The van der Waals surface area contributed by atoms with Gasteiger partial charge < -0.3 is 25.3 Å². The van der Waals surface area contributed by atoms with Crippen molar-refractivity contribution in [3.8, 4) is 5.75 Å². The number of hydrogen-bond acceptors (Lipinski definition) is 4. The van der Waals surface area contributed by atoms with E-state index in [4.69, 9.17) is 11.6 Å². The molecule has 0 radical (unpaired) electrons. The lowest BCUT2D eigenvalue weighted by atomic mass is 10.1. The van der Waals surface area contributed by atoms with E-state index in [1.165, 1.54) is 24.3 Å². The number of alkyl halides is 3. The fourth-order valence-corrected chi connectivity index (χ4v) is 4.38. The highest BCUT2D eigenvalue weighted by atomic mass is 35.5. The van der Waals surface area contributed by atoms with Crippen molar-refractivity contribution in [2.45, 2.75) is 33.3 Å². The van der Waals surface area contributed by atoms with Crippen molar-refractivity contribution >= 4 is 45.9 Å². The lowest BCUT2D eigenvalue weighted by molar-refractivity contribution is -0.274. The molecule has 0 spiro atoms. The maximum absolute atomic E-state index is 13.0. The topological polar surface area (TPSA) is 101 Å². The van der Waals surface area contributed by atoms with Crippen molar-refractivity contribution in [1.82, 2.24) is 15.2 Å². The van der Waals surface area contributed by atoms with Crippen LogP contribution in [0.15, 0.2) is 66.7 Å². The summed E-state index contributed by atoms with van der Waals surface area (Å²) in [5.74, 6) is -1.44. The van der Waals surface area contributed by atoms with Gasteiger partial charge in [0.1, 0.15) is 11.4 Å². The number of halogens is 4. The molecule has 42 heavy (non-hydrogen) atoms. The van der Waals surface area contributed by atoms with Crippen LogP contribution in [-0.2, 0) is 24.9 Å². The first-order valence-electron chi connectivity index (χ1n) is 12.9. The maximum atomic E-state index is 13.0. The molecule has 3 N–H and O–H groups in total. The van der Waals surface area contributed by atoms with Gasteiger partial charge in [-0.1, -0.05) is 43.6 Å². The molecule has 0 saturated carbocycles. The first kappa shape index (κ1) is 30.4. The van der Waals surface area contributed by atoms with Crippen molar-refractivity contribution in [1.29, 1.82) is 0 Å². The summed E-state index contributed by atoms with van der Waals surface area (Å²) in [6.07, 6.45) is -4.78. The van der Waals surface area contributed by atoms with Crippen LogP contribution < -0.4 is 20.7 Å². The molecule has 4 aromatic rings. The van der Waals surface area contributed by atoms with E-state index < -0.39 is 12.3 Å². The van der Waals surface area contributed by atoms with E-state index in [1.54, 1.807) is 67.9 Å². The van der Waals surface area contributed by atoms with Crippen LogP contribution in [0.3, 0.4) is 0 Å². The number of nitrogens with one attached hydrogen (secondary N) is 3. The Hall–Kier alpha value is -4.51. The van der Waals surface area contributed by atoms with Crippen LogP contribution in [0, 0.1) is 5.92 Å². The standard InChI is InChI=1S/C30H28ClF3N4O4/c1-17(2)27(39)35-16-19-6-10-24(31)23(12-19)28(40)37-21-7-11-25-20(13-21)14-26(38(25)3)29(41)36-15-18-4-8-22(9-5-18)42-30(32,33)34/h4-14,17H,15-16H2,1-3H3,(H,35,39)(H,36,41)(H,37,40). The molecule has 0 bridgehead atoms. The molecule has 4 rings (SSSR count). The largest absolute Gasteiger partial charge is 0.573 e. The minimum absolute atomic E-state index is 0.0922. The van der Waals surface area contributed by atoms with E-state index in [1.807, 2.05) is 0 Å². The zero-order valence-corrected chi connectivity index (χ0v) is 23.7. The van der Waals surface area contributed by atoms with E-state index in [9.17, 15) is 27.6 Å². The molecule has 220 valence electrons. The Balaban J connectivity index is 1.43. The molecule has 12 heteroatoms. The maximum Gasteiger partial charge on any atom is 0.573 e. The van der Waals surface area contributed by atoms with Crippen LogP contribution in [0.5, 0.6) is 5.75 Å². The zero-order chi connectivity index (χ0) is 30.6. The smallest absolute Gasteiger partial charge is 0.406 e. The quantitative estimate of drug-likeness (QED) is 0.213. The number of anilines is 1. The van der Waals surface area contributed by atoms with Gasteiger partial charge in [-0.15, -0.1) is 13.2 Å². The lowest BCUT2D eigenvalue weighted by Crippen LogP contribution is -2.27. The van der Waals surface area contributed by atoms with Gasteiger partial charge in [-0.25, -0.2) is 0 Å². The molecule has 0 aliphatic rings. The fraction of sp³-hybridized carbons (Fsp3) is 0.233. The van der Waals surface area contributed by atoms with Crippen molar-refractivity contribution < 1.29 is 32.3 Å². The summed E-state index contributed by atoms with van der Waals surface area (Å²) in [6.45, 7) is 3.93. The molecule has 0 atom stereocenters. The highest BCUT2D eigenvalue weighted by Crippen LogP contribution is 2.26. The Morgan fingerprint density at radius 1 is 0.881 bits per heavy atom. The second kappa shape index (κ2) is 12.6. The van der Waals surface area contributed by atoms with Crippen LogP contribution in [-0.4, -0.2) is 28.7 Å². The number of aryl methyl sites for hydroxylation is 1. The molecule has 3 amide bonds. The van der Waals surface area contributed by atoms with Gasteiger partial charge >= 0.3 is 6.36 Å². The van der Waals surface area contributed by atoms with Crippen molar-refractivity contribution in [2.24, 2.45) is 13.0 Å². The molecule has 1 aromatic heterocycles. The number of carbonyl (C=O) groups is 3. The summed E-state index contributed by atoms with van der Waals surface area (Å²) in [4.78, 5) is 37.8. The Morgan fingerprint density at radius 2 is 1.55 bits per heavy atom. The number of nitrogens with zero attached hydrogens (tertiary/aromatic N) is 1. The zero-order valence-electron chi connectivity index (χ0n) is 22.9. The number of benzene rings is 3. The number of carbonyl (C=O) groups excluding carboxylic acids is 3. The van der Waals surface area contributed by atoms with Crippen molar-refractivity contribution in [3.63, 3.8) is 0 Å². The van der Waals surface area contributed by atoms with Crippen molar-refractivity contribution in [2.75, 3.05) is 5.32 Å². The summed E-state index contributed by atoms with van der Waals surface area (Å²) in [5, 5.41) is 9.34. The summed E-state index contributed by atoms with van der Waals surface area (Å²) in [7, 11) is 1.72. The molecule has 0 aliphatic carbocycles. The Morgan fingerprint density at radius 3 is 2.21 bits per heavy atom. The Kier molecular flexibility index (Phi) is 9.11. The summed E-state index contributed by atoms with van der Waals surface area (Å²) in [5.41, 5.74) is 3.14. The molecule has 1 heterocycles. The van der Waals surface area contributed by atoms with Gasteiger partial charge in [0.05, 0.1) is 10.6 Å². The average molecular weight is 601 g/mol. The van der Waals surface area contributed by atoms with Gasteiger partial charge in [0, 0.05) is 42.6 Å². The highest BCUT2D eigenvalue weighted by molar-refractivity contribution is 6.34. The molecule has 0 saturated heterocycles. The van der Waals surface area contributed by atoms with Gasteiger partial charge in [-0.05, 0) is 59.7 Å². The SMILES string of the molecule is CC(C)C(=O)NCc1ccc(Cl)c(C(=O)Nc2ccc3c(c2)cc(C(=O)NCc2ccc(OC(F)(F)F)cc2)n3C)c1. The molecule has 0 aliphatic heterocycles. The Labute approximate surface area is 244 Å². The van der Waals surface area contributed by atoms with Gasteiger partial charge in [0.15, 0.2) is 0 Å². The molecule has 3 aromatic carbocycles. The molecule has 8 nitrogen and oxygen atoms in total. The van der Waals surface area contributed by atoms with Gasteiger partial charge in [-0.2, -0.15) is 0 Å². The normalized spacial score (nSPS) is 11.4. The van der Waals surface area contributed by atoms with E-state index in [0.717, 1.165) is 11.1 Å². The van der Waals surface area contributed by atoms with Gasteiger partial charge in [0.2, 0.25) is 5.91 Å². The summed E-state index contributed by atoms with van der Waals surface area (Å²) in [6, 6.07) is 17.0. The average Bonchev–Trinajstić information content (AvgIpc) is 3.26. The predicted octanol–water partition coefficient (Wildman–Crippen LogP) is 6.18. The first-order chi connectivity index (χ1) is 19.8. The number of rotatable bonds is 9. The van der Waals surface area contributed by atoms with Gasteiger partial charge in [0.25, 0.3) is 11.8 Å². The monoisotopic (exact) mass is 600 g/mol. The van der Waals surface area contributed by atoms with Crippen LogP contribution in [0.4, 0.5) is 18.9 Å². The van der Waals surface area contributed by atoms with E-state index in [0.29, 0.717) is 22.3 Å². The molecular formula is C30H28ClF3N4O4. The number of aromatic nitrogens is 1. The number of ether oxygens (including phenoxy) is 1. The van der Waals surface area contributed by atoms with Gasteiger partial charge in [-0.3, -0.25) is 14.4 Å². The summed E-state index contributed by atoms with van der Waals surface area (Å²) >= 11 is 6.28. The Bertz CT molecular complexity index is 1630. The second-order valence-electron chi connectivity index (χ2n) is 9.88. The summed E-state index contributed by atoms with van der Waals surface area (Å²) < 4.78 is 42.6. The minimum atomic E-state index is -4.78. The van der Waals surface area contributed by atoms with Crippen LogP contribution in [0.2, 0.25) is 5.02 Å². The molecule has 0 fully saturated rings. The third-order valence-corrected chi connectivity index (χ3v) is 6.74. The molecular weight excluding hydrogens is 573 g/mol. The number of amides is 3. The van der Waals surface area contributed by atoms with E-state index in [2.05, 4.69) is 20.7 Å². The van der Waals surface area contributed by atoms with Crippen LogP contribution in [0.25, 0.3) is 10.9 Å². The highest BCUT2D eigenvalue weighted by Gasteiger charge is 2.31. The van der Waals surface area contributed by atoms with Crippen molar-refractivity contribution in [3.05, 3.63) is 94.1 Å². The minimum Gasteiger partial charge on any atom is -0.406 e.